The molecule has 1 saturated carbocycles. The molecule has 1 aliphatic carbocycles. The Morgan fingerprint density at radius 1 is 1.03 bits per heavy atom. The highest BCUT2D eigenvalue weighted by atomic mass is 35.5. The number of nitrogens with one attached hydrogen (secondary N) is 1. The molecule has 1 atom stereocenters. The zero-order valence-electron chi connectivity index (χ0n) is 18.0. The number of carbonyl (C=O) groups is 2. The van der Waals surface area contributed by atoms with Gasteiger partial charge in [0.1, 0.15) is 11.8 Å². The highest BCUT2D eigenvalue weighted by Gasteiger charge is 2.29. The van der Waals surface area contributed by atoms with Gasteiger partial charge in [-0.1, -0.05) is 60.1 Å². The van der Waals surface area contributed by atoms with Crippen molar-refractivity contribution in [2.24, 2.45) is 0 Å². The molecule has 1 fully saturated rings. The summed E-state index contributed by atoms with van der Waals surface area (Å²) in [6.07, 6.45) is 5.35. The monoisotopic (exact) mass is 496 g/mol. The molecule has 172 valence electrons. The Balaban J connectivity index is 1.73. The van der Waals surface area contributed by atoms with Crippen molar-refractivity contribution in [3.63, 3.8) is 0 Å². The Labute approximate surface area is 204 Å². The van der Waals surface area contributed by atoms with Crippen LogP contribution in [0.5, 0.6) is 5.75 Å². The van der Waals surface area contributed by atoms with Crippen LogP contribution in [0.3, 0.4) is 0 Å². The van der Waals surface area contributed by atoms with Gasteiger partial charge in [-0.3, -0.25) is 9.59 Å². The van der Waals surface area contributed by atoms with Gasteiger partial charge in [0.05, 0.1) is 0 Å². The van der Waals surface area contributed by atoms with Gasteiger partial charge >= 0.3 is 0 Å². The van der Waals surface area contributed by atoms with Gasteiger partial charge < -0.3 is 15.0 Å². The maximum atomic E-state index is 13.1. The zero-order chi connectivity index (χ0) is 23.1. The lowest BCUT2D eigenvalue weighted by atomic mass is 9.95. The molecular formula is C24H27Cl3N2O3. The number of rotatable bonds is 8. The average Bonchev–Trinajstić information content (AvgIpc) is 2.78. The number of hydrogen-bond donors (Lipinski definition) is 1. The van der Waals surface area contributed by atoms with Crippen molar-refractivity contribution < 1.29 is 14.3 Å². The molecule has 0 bridgehead atoms. The normalized spacial score (nSPS) is 15.1. The van der Waals surface area contributed by atoms with Crippen molar-refractivity contribution in [2.75, 3.05) is 6.61 Å². The average molecular weight is 498 g/mol. The van der Waals surface area contributed by atoms with E-state index in [0.717, 1.165) is 25.7 Å². The van der Waals surface area contributed by atoms with Crippen LogP contribution in [0.1, 0.15) is 44.6 Å². The summed E-state index contributed by atoms with van der Waals surface area (Å²) in [4.78, 5) is 27.6. The molecule has 0 radical (unpaired) electrons. The Bertz CT molecular complexity index is 931. The van der Waals surface area contributed by atoms with E-state index in [1.54, 1.807) is 49.4 Å². The van der Waals surface area contributed by atoms with Crippen molar-refractivity contribution in [1.82, 2.24) is 10.2 Å². The Morgan fingerprint density at radius 3 is 2.34 bits per heavy atom. The summed E-state index contributed by atoms with van der Waals surface area (Å²) in [6, 6.07) is 11.3. The topological polar surface area (TPSA) is 58.6 Å². The quantitative estimate of drug-likeness (QED) is 0.494. The van der Waals surface area contributed by atoms with Gasteiger partial charge in [0, 0.05) is 27.7 Å². The summed E-state index contributed by atoms with van der Waals surface area (Å²) >= 11 is 18.2. The molecule has 0 heterocycles. The van der Waals surface area contributed by atoms with Crippen LogP contribution in [0.15, 0.2) is 42.5 Å². The minimum Gasteiger partial charge on any atom is -0.484 e. The third kappa shape index (κ3) is 7.03. The van der Waals surface area contributed by atoms with Crippen molar-refractivity contribution >= 4 is 46.6 Å². The van der Waals surface area contributed by atoms with E-state index in [4.69, 9.17) is 39.5 Å². The smallest absolute Gasteiger partial charge is 0.261 e. The molecule has 1 N–H and O–H groups in total. The summed E-state index contributed by atoms with van der Waals surface area (Å²) in [5.74, 6) is 0.0191. The van der Waals surface area contributed by atoms with Crippen LogP contribution in [0.4, 0.5) is 0 Å². The molecule has 0 spiro atoms. The standard InChI is InChI=1S/C24H27Cl3N2O3/c1-16(24(31)28-20-5-3-2-4-6-20)29(14-17-7-8-19(26)13-22(17)27)23(30)15-32-21-11-9-18(25)10-12-21/h7-13,16,20H,2-6,14-15H2,1H3,(H,28,31)/t16-/m0/s1. The Morgan fingerprint density at radius 2 is 1.69 bits per heavy atom. The summed E-state index contributed by atoms with van der Waals surface area (Å²) in [6.45, 7) is 1.67. The van der Waals surface area contributed by atoms with E-state index in [2.05, 4.69) is 5.32 Å². The van der Waals surface area contributed by atoms with E-state index in [9.17, 15) is 9.59 Å². The minimum absolute atomic E-state index is 0.153. The molecule has 32 heavy (non-hydrogen) atoms. The van der Waals surface area contributed by atoms with Gasteiger partial charge in [0.2, 0.25) is 5.91 Å². The van der Waals surface area contributed by atoms with E-state index in [0.29, 0.717) is 26.4 Å². The maximum absolute atomic E-state index is 13.1. The van der Waals surface area contributed by atoms with Crippen molar-refractivity contribution in [2.45, 2.75) is 57.7 Å². The fraction of sp³-hybridized carbons (Fsp3) is 0.417. The largest absolute Gasteiger partial charge is 0.484 e. The van der Waals surface area contributed by atoms with Gasteiger partial charge in [-0.25, -0.2) is 0 Å². The molecule has 2 amide bonds. The zero-order valence-corrected chi connectivity index (χ0v) is 20.2. The van der Waals surface area contributed by atoms with E-state index in [1.165, 1.54) is 11.3 Å². The number of halogens is 3. The number of benzene rings is 2. The van der Waals surface area contributed by atoms with Crippen molar-refractivity contribution in [1.29, 1.82) is 0 Å². The van der Waals surface area contributed by atoms with Gasteiger partial charge in [-0.15, -0.1) is 0 Å². The Hall–Kier alpha value is -1.95. The number of ether oxygens (including phenoxy) is 1. The molecule has 8 heteroatoms. The van der Waals surface area contributed by atoms with E-state index in [1.807, 2.05) is 0 Å². The van der Waals surface area contributed by atoms with E-state index < -0.39 is 6.04 Å². The highest BCUT2D eigenvalue weighted by Crippen LogP contribution is 2.24. The lowest BCUT2D eigenvalue weighted by Crippen LogP contribution is -2.51. The van der Waals surface area contributed by atoms with Crippen LogP contribution in [-0.2, 0) is 16.1 Å². The van der Waals surface area contributed by atoms with Gasteiger partial charge in [0.15, 0.2) is 6.61 Å². The lowest BCUT2D eigenvalue weighted by Gasteiger charge is -2.31. The van der Waals surface area contributed by atoms with Crippen LogP contribution >= 0.6 is 34.8 Å². The van der Waals surface area contributed by atoms with E-state index in [-0.39, 0.29) is 31.0 Å². The number of hydrogen-bond acceptors (Lipinski definition) is 3. The van der Waals surface area contributed by atoms with Crippen LogP contribution in [0.25, 0.3) is 0 Å². The van der Waals surface area contributed by atoms with Crippen LogP contribution in [0, 0.1) is 0 Å². The molecule has 0 aromatic heterocycles. The molecule has 2 aromatic carbocycles. The van der Waals surface area contributed by atoms with Crippen molar-refractivity contribution in [3.8, 4) is 5.75 Å². The van der Waals surface area contributed by atoms with Gasteiger partial charge in [-0.2, -0.15) is 0 Å². The lowest BCUT2D eigenvalue weighted by molar-refractivity contribution is -0.142. The molecule has 0 saturated heterocycles. The first-order valence-electron chi connectivity index (χ1n) is 10.8. The van der Waals surface area contributed by atoms with Gasteiger partial charge in [0.25, 0.3) is 5.91 Å². The van der Waals surface area contributed by atoms with Crippen LogP contribution in [-0.4, -0.2) is 35.4 Å². The van der Waals surface area contributed by atoms with Gasteiger partial charge in [-0.05, 0) is 61.7 Å². The summed E-state index contributed by atoms with van der Waals surface area (Å²) in [5.41, 5.74) is 0.702. The molecule has 0 unspecified atom stereocenters. The number of amides is 2. The first-order chi connectivity index (χ1) is 15.3. The maximum Gasteiger partial charge on any atom is 0.261 e. The molecule has 5 nitrogen and oxygen atoms in total. The number of carbonyl (C=O) groups excluding carboxylic acids is 2. The second-order valence-corrected chi connectivity index (χ2v) is 9.30. The third-order valence-corrected chi connectivity index (χ3v) is 6.49. The van der Waals surface area contributed by atoms with Crippen molar-refractivity contribution in [3.05, 3.63) is 63.1 Å². The molecule has 3 rings (SSSR count). The Kier molecular flexibility index (Phi) is 9.09. The molecule has 2 aromatic rings. The fourth-order valence-corrected chi connectivity index (χ4v) is 4.34. The molecule has 0 aliphatic heterocycles. The molecule has 1 aliphatic rings. The second kappa shape index (κ2) is 11.8. The first-order valence-corrected chi connectivity index (χ1v) is 11.9. The SMILES string of the molecule is C[C@@H](C(=O)NC1CCCCC1)N(Cc1ccc(Cl)cc1Cl)C(=O)COc1ccc(Cl)cc1. The predicted octanol–water partition coefficient (Wildman–Crippen LogP) is 5.89. The first kappa shape index (κ1) is 24.7. The minimum atomic E-state index is -0.690. The number of nitrogens with zero attached hydrogens (tertiary/aromatic N) is 1. The fourth-order valence-electron chi connectivity index (χ4n) is 3.74. The van der Waals surface area contributed by atoms with E-state index >= 15 is 0 Å². The third-order valence-electron chi connectivity index (χ3n) is 5.65. The van der Waals surface area contributed by atoms with Crippen LogP contribution < -0.4 is 10.1 Å². The summed E-state index contributed by atoms with van der Waals surface area (Å²) < 4.78 is 5.64. The summed E-state index contributed by atoms with van der Waals surface area (Å²) in [5, 5.41) is 4.62. The second-order valence-electron chi connectivity index (χ2n) is 8.02. The predicted molar refractivity (Wildman–Crippen MR) is 128 cm³/mol. The summed E-state index contributed by atoms with van der Waals surface area (Å²) in [7, 11) is 0. The van der Waals surface area contributed by atoms with Crippen LogP contribution in [0.2, 0.25) is 15.1 Å². The highest BCUT2D eigenvalue weighted by molar-refractivity contribution is 6.35. The molecular weight excluding hydrogens is 471 g/mol.